The Morgan fingerprint density at radius 1 is 0.897 bits per heavy atom. The molecule has 2 aromatic carbocycles. The molecule has 1 aliphatic rings. The number of aliphatic hydroxyl groups excluding tert-OH is 4. The van der Waals surface area contributed by atoms with E-state index in [1.54, 1.807) is 4.57 Å². The van der Waals surface area contributed by atoms with Crippen LogP contribution in [0.5, 0.6) is 0 Å². The van der Waals surface area contributed by atoms with Crippen LogP contribution in [0.15, 0.2) is 54.7 Å². The maximum Gasteiger partial charge on any atom is 0.163 e. The monoisotopic (exact) mass is 397 g/mol. The van der Waals surface area contributed by atoms with E-state index in [0.29, 0.717) is 0 Å². The second kappa shape index (κ2) is 8.26. The highest BCUT2D eigenvalue weighted by molar-refractivity contribution is 5.84. The van der Waals surface area contributed by atoms with Crippen molar-refractivity contribution in [3.8, 4) is 0 Å². The van der Waals surface area contributed by atoms with Crippen LogP contribution in [0.1, 0.15) is 29.8 Å². The molecule has 2 heterocycles. The third-order valence-electron chi connectivity index (χ3n) is 5.79. The number of rotatable bonds is 5. The molecule has 5 unspecified atom stereocenters. The summed E-state index contributed by atoms with van der Waals surface area (Å²) in [6, 6.07) is 16.3. The zero-order chi connectivity index (χ0) is 20.5. The van der Waals surface area contributed by atoms with Crippen LogP contribution in [0.3, 0.4) is 0 Å². The van der Waals surface area contributed by atoms with E-state index in [2.05, 4.69) is 31.2 Å². The van der Waals surface area contributed by atoms with Crippen molar-refractivity contribution in [1.29, 1.82) is 0 Å². The van der Waals surface area contributed by atoms with E-state index in [9.17, 15) is 20.4 Å². The third kappa shape index (κ3) is 3.70. The minimum Gasteiger partial charge on any atom is -0.394 e. The van der Waals surface area contributed by atoms with Gasteiger partial charge in [0.1, 0.15) is 24.4 Å². The van der Waals surface area contributed by atoms with Crippen LogP contribution in [-0.4, -0.2) is 56.0 Å². The van der Waals surface area contributed by atoms with Crippen LogP contribution in [-0.2, 0) is 17.6 Å². The van der Waals surface area contributed by atoms with Gasteiger partial charge in [0.25, 0.3) is 0 Å². The van der Waals surface area contributed by atoms with E-state index in [4.69, 9.17) is 4.74 Å². The SMILES string of the molecule is CCc1ccc(Cc2cn(C3OC(CO)C(O)C(O)C3O)c3ccccc23)cc1. The molecule has 0 amide bonds. The fraction of sp³-hybridized carbons (Fsp3) is 0.391. The van der Waals surface area contributed by atoms with Gasteiger partial charge in [-0.2, -0.15) is 0 Å². The Morgan fingerprint density at radius 3 is 2.28 bits per heavy atom. The Kier molecular flexibility index (Phi) is 5.72. The zero-order valence-corrected chi connectivity index (χ0v) is 16.3. The van der Waals surface area contributed by atoms with Gasteiger partial charge in [-0.3, -0.25) is 0 Å². The molecule has 0 aliphatic carbocycles. The number of aliphatic hydroxyl groups is 4. The Bertz CT molecular complexity index is 965. The molecule has 6 heteroatoms. The first-order valence-corrected chi connectivity index (χ1v) is 10.00. The average molecular weight is 397 g/mol. The number of para-hydroxylation sites is 1. The molecule has 0 radical (unpaired) electrons. The summed E-state index contributed by atoms with van der Waals surface area (Å²) in [4.78, 5) is 0. The predicted octanol–water partition coefficient (Wildman–Crippen LogP) is 1.77. The van der Waals surface area contributed by atoms with Gasteiger partial charge in [0.15, 0.2) is 6.23 Å². The normalized spacial score (nSPS) is 27.4. The van der Waals surface area contributed by atoms with Gasteiger partial charge in [0.2, 0.25) is 0 Å². The number of hydrogen-bond acceptors (Lipinski definition) is 5. The first kappa shape index (κ1) is 20.1. The smallest absolute Gasteiger partial charge is 0.163 e. The first-order valence-electron chi connectivity index (χ1n) is 10.00. The molecule has 4 rings (SSSR count). The molecule has 29 heavy (non-hydrogen) atoms. The minimum atomic E-state index is -1.41. The van der Waals surface area contributed by atoms with E-state index >= 15 is 0 Å². The van der Waals surface area contributed by atoms with Gasteiger partial charge < -0.3 is 29.7 Å². The first-order chi connectivity index (χ1) is 14.0. The fourth-order valence-electron chi connectivity index (χ4n) is 4.05. The third-order valence-corrected chi connectivity index (χ3v) is 5.79. The quantitative estimate of drug-likeness (QED) is 0.526. The predicted molar refractivity (Wildman–Crippen MR) is 110 cm³/mol. The average Bonchev–Trinajstić information content (AvgIpc) is 3.11. The molecule has 0 bridgehead atoms. The van der Waals surface area contributed by atoms with Crippen molar-refractivity contribution in [2.24, 2.45) is 0 Å². The fourth-order valence-corrected chi connectivity index (χ4v) is 4.05. The van der Waals surface area contributed by atoms with E-state index < -0.39 is 37.3 Å². The summed E-state index contributed by atoms with van der Waals surface area (Å²) in [6.07, 6.45) is -2.31. The number of ether oxygens (including phenoxy) is 1. The Labute approximate surface area is 169 Å². The number of benzene rings is 2. The second-order valence-corrected chi connectivity index (χ2v) is 7.65. The molecule has 0 spiro atoms. The summed E-state index contributed by atoms with van der Waals surface area (Å²) >= 11 is 0. The zero-order valence-electron chi connectivity index (χ0n) is 16.3. The van der Waals surface area contributed by atoms with Gasteiger partial charge in [-0.1, -0.05) is 49.4 Å². The lowest BCUT2D eigenvalue weighted by atomic mass is 9.98. The van der Waals surface area contributed by atoms with Crippen LogP contribution in [0.25, 0.3) is 10.9 Å². The Hall–Kier alpha value is -2.22. The van der Waals surface area contributed by atoms with Gasteiger partial charge in [0.05, 0.1) is 12.1 Å². The molecular formula is C23H27NO5. The lowest BCUT2D eigenvalue weighted by molar-refractivity contribution is -0.250. The molecule has 1 fully saturated rings. The van der Waals surface area contributed by atoms with Crippen molar-refractivity contribution < 1.29 is 25.2 Å². The van der Waals surface area contributed by atoms with Crippen molar-refractivity contribution in [1.82, 2.24) is 4.57 Å². The highest BCUT2D eigenvalue weighted by Crippen LogP contribution is 2.33. The van der Waals surface area contributed by atoms with Crippen molar-refractivity contribution in [2.75, 3.05) is 6.61 Å². The van der Waals surface area contributed by atoms with Crippen molar-refractivity contribution in [3.05, 3.63) is 71.4 Å². The van der Waals surface area contributed by atoms with Crippen LogP contribution in [0.4, 0.5) is 0 Å². The van der Waals surface area contributed by atoms with Crippen LogP contribution in [0, 0.1) is 0 Å². The van der Waals surface area contributed by atoms with Gasteiger partial charge in [-0.25, -0.2) is 0 Å². The molecule has 1 aromatic heterocycles. The minimum absolute atomic E-state index is 0.447. The van der Waals surface area contributed by atoms with E-state index in [-0.39, 0.29) is 0 Å². The van der Waals surface area contributed by atoms with Crippen molar-refractivity contribution >= 4 is 10.9 Å². The van der Waals surface area contributed by atoms with Gasteiger partial charge >= 0.3 is 0 Å². The molecule has 4 N–H and O–H groups in total. The summed E-state index contributed by atoms with van der Waals surface area (Å²) < 4.78 is 7.56. The molecule has 154 valence electrons. The van der Waals surface area contributed by atoms with Crippen LogP contribution >= 0.6 is 0 Å². The Balaban J connectivity index is 1.72. The summed E-state index contributed by atoms with van der Waals surface area (Å²) in [5, 5.41) is 41.3. The largest absolute Gasteiger partial charge is 0.394 e. The molecule has 0 saturated carbocycles. The van der Waals surface area contributed by atoms with E-state index in [0.717, 1.165) is 29.3 Å². The summed E-state index contributed by atoms with van der Waals surface area (Å²) in [6.45, 7) is 1.68. The Morgan fingerprint density at radius 2 is 1.59 bits per heavy atom. The van der Waals surface area contributed by atoms with E-state index in [1.807, 2.05) is 30.5 Å². The maximum absolute atomic E-state index is 10.6. The number of nitrogens with zero attached hydrogens (tertiary/aromatic N) is 1. The molecule has 1 saturated heterocycles. The van der Waals surface area contributed by atoms with Crippen LogP contribution in [0.2, 0.25) is 0 Å². The highest BCUT2D eigenvalue weighted by Gasteiger charge is 2.44. The van der Waals surface area contributed by atoms with Gasteiger partial charge in [-0.15, -0.1) is 0 Å². The van der Waals surface area contributed by atoms with Crippen molar-refractivity contribution in [3.63, 3.8) is 0 Å². The van der Waals surface area contributed by atoms with Crippen LogP contribution < -0.4 is 0 Å². The number of aryl methyl sites for hydroxylation is 1. The second-order valence-electron chi connectivity index (χ2n) is 7.65. The number of hydrogen-bond donors (Lipinski definition) is 4. The number of fused-ring (bicyclic) bond motifs is 1. The summed E-state index contributed by atoms with van der Waals surface area (Å²) in [5.41, 5.74) is 4.40. The maximum atomic E-state index is 10.6. The molecule has 1 aliphatic heterocycles. The molecule has 3 aromatic rings. The highest BCUT2D eigenvalue weighted by atomic mass is 16.6. The topological polar surface area (TPSA) is 95.1 Å². The van der Waals surface area contributed by atoms with Gasteiger partial charge in [0, 0.05) is 11.6 Å². The lowest BCUT2D eigenvalue weighted by Crippen LogP contribution is -2.56. The van der Waals surface area contributed by atoms with Gasteiger partial charge in [-0.05, 0) is 35.6 Å². The van der Waals surface area contributed by atoms with Crippen molar-refractivity contribution in [2.45, 2.75) is 50.4 Å². The standard InChI is InChI=1S/C23H27NO5/c1-2-14-7-9-15(10-8-14)11-16-12-24(18-6-4-3-5-17(16)18)23-22(28)21(27)20(26)19(13-25)29-23/h3-10,12,19-23,25-28H,2,11,13H2,1H3. The molecule has 5 atom stereocenters. The summed E-state index contributed by atoms with van der Waals surface area (Å²) in [7, 11) is 0. The lowest BCUT2D eigenvalue weighted by Gasteiger charge is -2.40. The number of aromatic nitrogens is 1. The summed E-state index contributed by atoms with van der Waals surface area (Å²) in [5.74, 6) is 0. The molecular weight excluding hydrogens is 370 g/mol. The van der Waals surface area contributed by atoms with E-state index in [1.165, 1.54) is 11.1 Å². The molecule has 6 nitrogen and oxygen atoms in total.